The summed E-state index contributed by atoms with van der Waals surface area (Å²) < 4.78 is 5.86. The largest absolute Gasteiger partial charge is 0.374 e. The fraction of sp³-hybridized carbons (Fsp3) is 0.909. The highest BCUT2D eigenvalue weighted by molar-refractivity contribution is 5.82. The van der Waals surface area contributed by atoms with Crippen molar-refractivity contribution in [2.24, 2.45) is 23.0 Å². The lowest BCUT2D eigenvalue weighted by atomic mass is 9.49. The SMILES string of the molecule is C[C@]12C[C@@H]3CC[C@H]1C[C@]3(C(N)=O)CO2. The molecule has 0 aromatic rings. The highest BCUT2D eigenvalue weighted by atomic mass is 16.5. The quantitative estimate of drug-likeness (QED) is 0.680. The summed E-state index contributed by atoms with van der Waals surface area (Å²) in [5, 5.41) is 0. The van der Waals surface area contributed by atoms with E-state index < -0.39 is 0 Å². The summed E-state index contributed by atoms with van der Waals surface area (Å²) in [4.78, 5) is 11.6. The van der Waals surface area contributed by atoms with E-state index in [9.17, 15) is 4.79 Å². The number of fused-ring (bicyclic) bond motifs is 2. The van der Waals surface area contributed by atoms with Crippen molar-refractivity contribution in [2.75, 3.05) is 6.61 Å². The van der Waals surface area contributed by atoms with Crippen LogP contribution in [0.4, 0.5) is 0 Å². The van der Waals surface area contributed by atoms with Crippen molar-refractivity contribution in [1.82, 2.24) is 0 Å². The minimum atomic E-state index is -0.305. The lowest BCUT2D eigenvalue weighted by Crippen LogP contribution is -2.66. The summed E-state index contributed by atoms with van der Waals surface area (Å²) >= 11 is 0. The number of hydrogen-bond donors (Lipinski definition) is 1. The first-order chi connectivity index (χ1) is 6.57. The molecule has 3 nitrogen and oxygen atoms in total. The van der Waals surface area contributed by atoms with E-state index in [0.717, 1.165) is 12.8 Å². The number of carbonyl (C=O) groups is 1. The summed E-state index contributed by atoms with van der Waals surface area (Å²) in [5.74, 6) is 0.923. The average molecular weight is 195 g/mol. The predicted octanol–water partition coefficient (Wildman–Crippen LogP) is 1.07. The average Bonchev–Trinajstić information content (AvgIpc) is 2.17. The Labute approximate surface area is 84.0 Å². The minimum absolute atomic E-state index is 0.0557. The van der Waals surface area contributed by atoms with Gasteiger partial charge < -0.3 is 10.5 Å². The van der Waals surface area contributed by atoms with E-state index in [1.54, 1.807) is 0 Å². The maximum absolute atomic E-state index is 11.6. The van der Waals surface area contributed by atoms with Gasteiger partial charge in [-0.2, -0.15) is 0 Å². The zero-order valence-electron chi connectivity index (χ0n) is 8.58. The second-order valence-electron chi connectivity index (χ2n) is 5.50. The highest BCUT2D eigenvalue weighted by Crippen LogP contribution is 2.61. The van der Waals surface area contributed by atoms with Crippen LogP contribution >= 0.6 is 0 Å². The molecule has 1 amide bonds. The fourth-order valence-electron chi connectivity index (χ4n) is 3.88. The molecule has 78 valence electrons. The molecule has 0 spiro atoms. The van der Waals surface area contributed by atoms with Gasteiger partial charge in [0, 0.05) is 0 Å². The van der Waals surface area contributed by atoms with Crippen molar-refractivity contribution in [1.29, 1.82) is 0 Å². The normalized spacial score (nSPS) is 54.9. The van der Waals surface area contributed by atoms with Crippen molar-refractivity contribution in [3.63, 3.8) is 0 Å². The highest BCUT2D eigenvalue weighted by Gasteiger charge is 2.63. The van der Waals surface area contributed by atoms with E-state index in [4.69, 9.17) is 10.5 Å². The van der Waals surface area contributed by atoms with E-state index in [1.165, 1.54) is 12.8 Å². The van der Waals surface area contributed by atoms with Gasteiger partial charge in [-0.3, -0.25) is 4.79 Å². The van der Waals surface area contributed by atoms with Gasteiger partial charge in [0.1, 0.15) is 0 Å². The Morgan fingerprint density at radius 3 is 2.64 bits per heavy atom. The van der Waals surface area contributed by atoms with Gasteiger partial charge in [0.05, 0.1) is 17.6 Å². The lowest BCUT2D eigenvalue weighted by molar-refractivity contribution is -0.252. The number of primary amides is 1. The number of hydrogen-bond acceptors (Lipinski definition) is 2. The van der Waals surface area contributed by atoms with Crippen LogP contribution in [0.5, 0.6) is 0 Å². The standard InChI is InChI=1S/C11H17NO2/c1-10-4-8-3-2-7(10)5-11(8,6-14-10)9(12)13/h7-8H,2-6H2,1H3,(H2,12,13)/t7-,8-,10-,11-/m0/s1. The van der Waals surface area contributed by atoms with Crippen molar-refractivity contribution in [3.8, 4) is 0 Å². The smallest absolute Gasteiger partial charge is 0.226 e. The third kappa shape index (κ3) is 0.800. The maximum atomic E-state index is 11.6. The van der Waals surface area contributed by atoms with Gasteiger partial charge in [-0.25, -0.2) is 0 Å². The van der Waals surface area contributed by atoms with E-state index >= 15 is 0 Å². The van der Waals surface area contributed by atoms with Gasteiger partial charge in [0.15, 0.2) is 0 Å². The summed E-state index contributed by atoms with van der Waals surface area (Å²) in [5.41, 5.74) is 5.30. The molecule has 3 heteroatoms. The van der Waals surface area contributed by atoms with Crippen molar-refractivity contribution in [3.05, 3.63) is 0 Å². The van der Waals surface area contributed by atoms with Crippen LogP contribution in [0.2, 0.25) is 0 Å². The van der Waals surface area contributed by atoms with Crippen LogP contribution in [0.1, 0.15) is 32.6 Å². The fourth-order valence-corrected chi connectivity index (χ4v) is 3.88. The van der Waals surface area contributed by atoms with Gasteiger partial charge in [0.25, 0.3) is 0 Å². The second kappa shape index (κ2) is 2.32. The maximum Gasteiger partial charge on any atom is 0.226 e. The van der Waals surface area contributed by atoms with Gasteiger partial charge in [0.2, 0.25) is 5.91 Å². The zero-order valence-corrected chi connectivity index (χ0v) is 8.58. The van der Waals surface area contributed by atoms with E-state index in [0.29, 0.717) is 18.4 Å². The Morgan fingerprint density at radius 1 is 1.36 bits per heavy atom. The molecular weight excluding hydrogens is 178 g/mol. The molecule has 14 heavy (non-hydrogen) atoms. The Bertz CT molecular complexity index is 304. The summed E-state index contributed by atoms with van der Waals surface area (Å²) in [6.45, 7) is 2.77. The van der Waals surface area contributed by atoms with E-state index in [2.05, 4.69) is 6.92 Å². The monoisotopic (exact) mass is 195 g/mol. The van der Waals surface area contributed by atoms with Gasteiger partial charge >= 0.3 is 0 Å². The van der Waals surface area contributed by atoms with Gasteiger partial charge in [-0.1, -0.05) is 0 Å². The number of ether oxygens (including phenoxy) is 1. The lowest BCUT2D eigenvalue weighted by Gasteiger charge is -2.62. The Kier molecular flexibility index (Phi) is 1.45. The van der Waals surface area contributed by atoms with Gasteiger partial charge in [-0.15, -0.1) is 0 Å². The first-order valence-electron chi connectivity index (χ1n) is 5.51. The zero-order chi connectivity index (χ0) is 9.97. The molecule has 0 radical (unpaired) electrons. The molecule has 5 aliphatic rings. The third-order valence-corrected chi connectivity index (χ3v) is 4.92. The number of rotatable bonds is 1. The number of nitrogens with two attached hydrogens (primary N) is 1. The molecule has 5 rings (SSSR count). The molecule has 2 N–H and O–H groups in total. The Morgan fingerprint density at radius 2 is 2.07 bits per heavy atom. The van der Waals surface area contributed by atoms with Crippen molar-refractivity contribution < 1.29 is 9.53 Å². The van der Waals surface area contributed by atoms with Crippen LogP contribution in [-0.4, -0.2) is 18.1 Å². The topological polar surface area (TPSA) is 52.3 Å². The molecule has 4 bridgehead atoms. The van der Waals surface area contributed by atoms with Gasteiger partial charge in [-0.05, 0) is 44.4 Å². The molecule has 5 fully saturated rings. The molecule has 3 aliphatic carbocycles. The molecule has 3 saturated carbocycles. The molecule has 2 aliphatic heterocycles. The van der Waals surface area contributed by atoms with Crippen LogP contribution < -0.4 is 5.73 Å². The molecule has 0 aromatic carbocycles. The van der Waals surface area contributed by atoms with Crippen molar-refractivity contribution in [2.45, 2.75) is 38.2 Å². The van der Waals surface area contributed by atoms with Crippen LogP contribution in [0, 0.1) is 17.3 Å². The summed E-state index contributed by atoms with van der Waals surface area (Å²) in [6, 6.07) is 0. The predicted molar refractivity (Wildman–Crippen MR) is 51.4 cm³/mol. The van der Waals surface area contributed by atoms with E-state index in [-0.39, 0.29) is 16.9 Å². The van der Waals surface area contributed by atoms with Crippen LogP contribution in [0.3, 0.4) is 0 Å². The molecular formula is C11H17NO2. The second-order valence-corrected chi connectivity index (χ2v) is 5.50. The third-order valence-electron chi connectivity index (χ3n) is 4.92. The Balaban J connectivity index is 2.03. The molecule has 0 unspecified atom stereocenters. The summed E-state index contributed by atoms with van der Waals surface area (Å²) in [6.07, 6.45) is 4.41. The van der Waals surface area contributed by atoms with Crippen LogP contribution in [0.15, 0.2) is 0 Å². The van der Waals surface area contributed by atoms with Crippen molar-refractivity contribution >= 4 is 5.91 Å². The summed E-state index contributed by atoms with van der Waals surface area (Å²) in [7, 11) is 0. The first kappa shape index (κ1) is 8.72. The number of carbonyl (C=O) groups excluding carboxylic acids is 1. The number of amides is 1. The molecule has 4 atom stereocenters. The molecule has 0 aromatic heterocycles. The van der Waals surface area contributed by atoms with E-state index in [1.807, 2.05) is 0 Å². The first-order valence-corrected chi connectivity index (χ1v) is 5.51. The molecule has 2 heterocycles. The van der Waals surface area contributed by atoms with Crippen LogP contribution in [-0.2, 0) is 9.53 Å². The minimum Gasteiger partial charge on any atom is -0.374 e. The Hall–Kier alpha value is -0.570. The molecule has 2 saturated heterocycles. The van der Waals surface area contributed by atoms with Crippen LogP contribution in [0.25, 0.3) is 0 Å².